The first kappa shape index (κ1) is 15.1. The lowest BCUT2D eigenvalue weighted by atomic mass is 10.4. The highest BCUT2D eigenvalue weighted by Gasteiger charge is 2.28. The molecule has 0 saturated carbocycles. The molecule has 0 aromatic carbocycles. The van der Waals surface area contributed by atoms with E-state index >= 15 is 0 Å². The molecule has 0 amide bonds. The third-order valence-corrected chi connectivity index (χ3v) is 3.44. The third-order valence-electron chi connectivity index (χ3n) is 2.13. The van der Waals surface area contributed by atoms with Crippen LogP contribution in [0.3, 0.4) is 0 Å². The van der Waals surface area contributed by atoms with Crippen molar-refractivity contribution >= 4 is 15.7 Å². The van der Waals surface area contributed by atoms with Crippen molar-refractivity contribution < 1.29 is 26.3 Å². The highest BCUT2D eigenvalue weighted by molar-refractivity contribution is 7.92. The zero-order valence-electron chi connectivity index (χ0n) is 10.3. The Kier molecular flexibility index (Phi) is 4.02. The Morgan fingerprint density at radius 2 is 2.05 bits per heavy atom. The van der Waals surface area contributed by atoms with E-state index < -0.39 is 22.8 Å². The summed E-state index contributed by atoms with van der Waals surface area (Å²) in [5, 5.41) is -0.153. The molecule has 2 aromatic heterocycles. The number of sulfonamides is 1. The van der Waals surface area contributed by atoms with Gasteiger partial charge in [-0.1, -0.05) is 0 Å². The van der Waals surface area contributed by atoms with Gasteiger partial charge in [0.25, 0.3) is 10.0 Å². The maximum absolute atomic E-state index is 11.9. The van der Waals surface area contributed by atoms with E-state index in [0.29, 0.717) is 0 Å². The number of alkyl halides is 3. The second kappa shape index (κ2) is 5.60. The van der Waals surface area contributed by atoms with Gasteiger partial charge >= 0.3 is 6.18 Å². The molecule has 0 aliphatic heterocycles. The van der Waals surface area contributed by atoms with Crippen LogP contribution in [0.5, 0.6) is 5.88 Å². The van der Waals surface area contributed by atoms with E-state index in [2.05, 4.69) is 24.4 Å². The number of H-pyrrole nitrogens is 1. The number of imidazole rings is 1. The molecule has 0 saturated heterocycles. The topological polar surface area (TPSA) is 97.0 Å². The van der Waals surface area contributed by atoms with E-state index in [1.165, 1.54) is 12.4 Å². The first-order valence-corrected chi connectivity index (χ1v) is 6.91. The lowest BCUT2D eigenvalue weighted by molar-refractivity contribution is -0.154. The van der Waals surface area contributed by atoms with Gasteiger partial charge < -0.3 is 9.72 Å². The SMILES string of the molecule is O=S(=O)(Nc1ccc(OCC(F)(F)F)nc1)c1cnc[nH]1. The molecule has 0 unspecified atom stereocenters. The number of halogens is 3. The van der Waals surface area contributed by atoms with Crippen molar-refractivity contribution in [3.63, 3.8) is 0 Å². The number of hydrogen-bond acceptors (Lipinski definition) is 5. The Bertz CT molecular complexity index is 683. The lowest BCUT2D eigenvalue weighted by Crippen LogP contribution is -2.19. The summed E-state index contributed by atoms with van der Waals surface area (Å²) >= 11 is 0. The molecular formula is C10H9F3N4O3S. The molecule has 0 radical (unpaired) electrons. The van der Waals surface area contributed by atoms with Gasteiger partial charge in [-0.15, -0.1) is 0 Å². The van der Waals surface area contributed by atoms with Gasteiger partial charge in [-0.2, -0.15) is 21.6 Å². The smallest absolute Gasteiger partial charge is 0.422 e. The predicted molar refractivity (Wildman–Crippen MR) is 65.2 cm³/mol. The summed E-state index contributed by atoms with van der Waals surface area (Å²) in [4.78, 5) is 9.56. The quantitative estimate of drug-likeness (QED) is 0.870. The minimum atomic E-state index is -4.47. The molecule has 0 aliphatic rings. The molecule has 2 rings (SSSR count). The van der Waals surface area contributed by atoms with Crippen LogP contribution >= 0.6 is 0 Å². The van der Waals surface area contributed by atoms with Crippen LogP contribution < -0.4 is 9.46 Å². The van der Waals surface area contributed by atoms with Gasteiger partial charge in [0.1, 0.15) is 0 Å². The van der Waals surface area contributed by atoms with Crippen LogP contribution in [0.2, 0.25) is 0 Å². The van der Waals surface area contributed by atoms with Gasteiger partial charge in [0, 0.05) is 6.07 Å². The molecule has 0 atom stereocenters. The highest BCUT2D eigenvalue weighted by atomic mass is 32.2. The Labute approximate surface area is 117 Å². The average molecular weight is 322 g/mol. The molecule has 11 heteroatoms. The van der Waals surface area contributed by atoms with Crippen molar-refractivity contribution in [2.24, 2.45) is 0 Å². The number of nitrogens with zero attached hydrogens (tertiary/aromatic N) is 2. The van der Waals surface area contributed by atoms with Gasteiger partial charge in [0.05, 0.1) is 24.4 Å². The minimum Gasteiger partial charge on any atom is -0.468 e. The molecule has 0 spiro atoms. The summed E-state index contributed by atoms with van der Waals surface area (Å²) in [5.74, 6) is -0.267. The van der Waals surface area contributed by atoms with E-state index in [0.717, 1.165) is 18.5 Å². The summed E-state index contributed by atoms with van der Waals surface area (Å²) in [6.07, 6.45) is -1.13. The zero-order chi connectivity index (χ0) is 15.5. The number of aromatic amines is 1. The van der Waals surface area contributed by atoms with Crippen molar-refractivity contribution in [2.45, 2.75) is 11.2 Å². The first-order valence-electron chi connectivity index (χ1n) is 5.43. The third kappa shape index (κ3) is 4.34. The zero-order valence-corrected chi connectivity index (χ0v) is 11.1. The second-order valence-corrected chi connectivity index (χ2v) is 5.46. The molecule has 21 heavy (non-hydrogen) atoms. The monoisotopic (exact) mass is 322 g/mol. The Morgan fingerprint density at radius 3 is 2.57 bits per heavy atom. The second-order valence-electron chi connectivity index (χ2n) is 3.81. The summed E-state index contributed by atoms with van der Waals surface area (Å²) in [5.41, 5.74) is 0.0731. The van der Waals surface area contributed by atoms with Gasteiger partial charge in [-0.05, 0) is 6.07 Å². The van der Waals surface area contributed by atoms with Gasteiger partial charge in [-0.3, -0.25) is 4.72 Å². The Morgan fingerprint density at radius 1 is 1.29 bits per heavy atom. The number of anilines is 1. The van der Waals surface area contributed by atoms with E-state index in [9.17, 15) is 21.6 Å². The number of ether oxygens (including phenoxy) is 1. The Balaban J connectivity index is 2.03. The van der Waals surface area contributed by atoms with E-state index in [4.69, 9.17) is 0 Å². The van der Waals surface area contributed by atoms with Crippen LogP contribution in [0.1, 0.15) is 0 Å². The minimum absolute atomic E-state index is 0.0731. The van der Waals surface area contributed by atoms with Gasteiger partial charge in [0.15, 0.2) is 11.6 Å². The first-order chi connectivity index (χ1) is 9.76. The molecule has 114 valence electrons. The Hall–Kier alpha value is -2.30. The highest BCUT2D eigenvalue weighted by Crippen LogP contribution is 2.19. The number of pyridine rings is 1. The number of nitrogens with one attached hydrogen (secondary N) is 2. The van der Waals surface area contributed by atoms with Crippen LogP contribution in [0.15, 0.2) is 35.9 Å². The summed E-state index contributed by atoms with van der Waals surface area (Å²) < 4.78 is 66.0. The summed E-state index contributed by atoms with van der Waals surface area (Å²) in [7, 11) is -3.85. The van der Waals surface area contributed by atoms with Crippen LogP contribution in [-0.2, 0) is 10.0 Å². The lowest BCUT2D eigenvalue weighted by Gasteiger charge is -2.09. The van der Waals surface area contributed by atoms with Crippen molar-refractivity contribution in [2.75, 3.05) is 11.3 Å². The average Bonchev–Trinajstić information content (AvgIpc) is 2.91. The fraction of sp³-hybridized carbons (Fsp3) is 0.200. The van der Waals surface area contributed by atoms with Crippen LogP contribution in [0.25, 0.3) is 0 Å². The maximum Gasteiger partial charge on any atom is 0.422 e. The molecule has 0 fully saturated rings. The van der Waals surface area contributed by atoms with Crippen molar-refractivity contribution in [3.8, 4) is 5.88 Å². The fourth-order valence-corrected chi connectivity index (χ4v) is 2.23. The molecule has 2 heterocycles. The van der Waals surface area contributed by atoms with Crippen LogP contribution in [0, 0.1) is 0 Å². The molecular weight excluding hydrogens is 313 g/mol. The summed E-state index contributed by atoms with van der Waals surface area (Å²) in [6.45, 7) is -1.47. The fourth-order valence-electron chi connectivity index (χ4n) is 1.28. The van der Waals surface area contributed by atoms with Crippen molar-refractivity contribution in [3.05, 3.63) is 30.9 Å². The predicted octanol–water partition coefficient (Wildman–Crippen LogP) is 1.55. The molecule has 0 bridgehead atoms. The van der Waals surface area contributed by atoms with Crippen LogP contribution in [0.4, 0.5) is 18.9 Å². The number of aromatic nitrogens is 3. The standard InChI is InChI=1S/C10H9F3N4O3S/c11-10(12,13)5-20-8-2-1-7(3-15-8)17-21(18,19)9-4-14-6-16-9/h1-4,6,17H,5H2,(H,14,16). The van der Waals surface area contributed by atoms with Crippen LogP contribution in [-0.4, -0.2) is 36.2 Å². The molecule has 7 nitrogen and oxygen atoms in total. The summed E-state index contributed by atoms with van der Waals surface area (Å²) in [6, 6.07) is 2.35. The van der Waals surface area contributed by atoms with E-state index in [1.807, 2.05) is 0 Å². The van der Waals surface area contributed by atoms with Crippen molar-refractivity contribution in [1.82, 2.24) is 15.0 Å². The number of hydrogen-bond donors (Lipinski definition) is 2. The largest absolute Gasteiger partial charge is 0.468 e. The maximum atomic E-state index is 11.9. The van der Waals surface area contributed by atoms with Gasteiger partial charge in [0.2, 0.25) is 5.88 Å². The van der Waals surface area contributed by atoms with E-state index in [-0.39, 0.29) is 16.6 Å². The molecule has 2 N–H and O–H groups in total. The normalized spacial score (nSPS) is 12.1. The molecule has 0 aliphatic carbocycles. The number of rotatable bonds is 5. The molecule has 2 aromatic rings. The van der Waals surface area contributed by atoms with Crippen molar-refractivity contribution in [1.29, 1.82) is 0 Å². The van der Waals surface area contributed by atoms with Gasteiger partial charge in [-0.25, -0.2) is 9.97 Å². The van der Waals surface area contributed by atoms with E-state index in [1.54, 1.807) is 0 Å².